The molecular weight excluding hydrogens is 959 g/mol. The molecule has 0 heterocycles. The zero-order chi connectivity index (χ0) is 49.3. The summed E-state index contributed by atoms with van der Waals surface area (Å²) in [6, 6.07) is 40.4. The molecule has 0 N–H and O–H groups in total. The Hall–Kier alpha value is -5.60. The van der Waals surface area contributed by atoms with Crippen LogP contribution in [0, 0.1) is 19.8 Å². The van der Waals surface area contributed by atoms with Crippen LogP contribution in [0.25, 0.3) is 0 Å². The van der Waals surface area contributed by atoms with Gasteiger partial charge in [0.25, 0.3) is 20.0 Å². The van der Waals surface area contributed by atoms with Gasteiger partial charge in [-0.2, -0.15) is 0 Å². The maximum Gasteiger partial charge on any atom is 0.400 e. The molecule has 1 fully saturated rings. The lowest BCUT2D eigenvalue weighted by atomic mass is 9.76. The normalized spacial score (nSPS) is 15.5. The van der Waals surface area contributed by atoms with Crippen molar-refractivity contribution in [2.75, 3.05) is 28.4 Å². The Morgan fingerprint density at radius 3 is 1.07 bits per heavy atom. The number of methoxy groups -OCH3 is 4. The van der Waals surface area contributed by atoms with E-state index < -0.39 is 48.7 Å². The van der Waals surface area contributed by atoms with Crippen LogP contribution in [0.3, 0.4) is 0 Å². The van der Waals surface area contributed by atoms with Crippen LogP contribution in [0.15, 0.2) is 155 Å². The van der Waals surface area contributed by atoms with Gasteiger partial charge in [0.15, 0.2) is 46.0 Å². The third kappa shape index (κ3) is 11.5. The zero-order valence-electron chi connectivity index (χ0n) is 39.8. The fourth-order valence-corrected chi connectivity index (χ4v) is 16.0. The van der Waals surface area contributed by atoms with E-state index in [4.69, 9.17) is 37.0 Å². The molecule has 7 rings (SSSR count). The van der Waals surface area contributed by atoms with E-state index in [1.807, 2.05) is 27.7 Å². The van der Waals surface area contributed by atoms with E-state index in [1.54, 1.807) is 146 Å². The van der Waals surface area contributed by atoms with Gasteiger partial charge in [-0.15, -0.1) is 4.08 Å². The minimum absolute atomic E-state index is 0.0394. The van der Waals surface area contributed by atoms with Crippen LogP contribution in [0.5, 0.6) is 46.0 Å². The van der Waals surface area contributed by atoms with Gasteiger partial charge < -0.3 is 37.0 Å². The van der Waals surface area contributed by atoms with Gasteiger partial charge in [-0.1, -0.05) is 88.0 Å². The summed E-state index contributed by atoms with van der Waals surface area (Å²) in [7, 11) is -7.88. The summed E-state index contributed by atoms with van der Waals surface area (Å²) in [5.41, 5.74) is 0.526. The molecule has 18 heteroatoms. The molecule has 0 amide bonds. The van der Waals surface area contributed by atoms with E-state index in [2.05, 4.69) is 0 Å². The van der Waals surface area contributed by atoms with Crippen molar-refractivity contribution < 1.29 is 53.9 Å². The van der Waals surface area contributed by atoms with Crippen molar-refractivity contribution in [3.05, 3.63) is 157 Å². The molecule has 0 unspecified atom stereocenters. The average molecular weight is 1020 g/mol. The SMILES string of the molecule is COc1ccccc1OP(Oc1ccccc1OC)N(C1CCC(C(C)(C)N(P(Oc2ccccc2OC)Oc2ccccc2OC)S(=O)(=O)c2ccc(C)cc2)CC1)S(=O)(=O)c1ccc(C)cc1. The number of aryl methyl sites for hydroxylation is 2. The summed E-state index contributed by atoms with van der Waals surface area (Å²) >= 11 is 0. The van der Waals surface area contributed by atoms with Crippen LogP contribution in [-0.4, -0.2) is 65.0 Å². The number of para-hydroxylation sites is 8. The molecule has 0 saturated heterocycles. The summed E-state index contributed by atoms with van der Waals surface area (Å²) in [6.07, 6.45) is 1.33. The number of ether oxygens (including phenoxy) is 4. The maximum atomic E-state index is 15.5. The van der Waals surface area contributed by atoms with Crippen LogP contribution >= 0.6 is 17.1 Å². The summed E-state index contributed by atoms with van der Waals surface area (Å²) in [5, 5.41) is 0. The van der Waals surface area contributed by atoms with Crippen molar-refractivity contribution in [2.24, 2.45) is 5.92 Å². The largest absolute Gasteiger partial charge is 0.493 e. The quantitative estimate of drug-likeness (QED) is 0.0632. The van der Waals surface area contributed by atoms with Crippen molar-refractivity contribution in [3.8, 4) is 46.0 Å². The van der Waals surface area contributed by atoms with Crippen molar-refractivity contribution >= 4 is 37.1 Å². The fourth-order valence-electron chi connectivity index (χ4n) is 8.12. The first-order chi connectivity index (χ1) is 33.1. The van der Waals surface area contributed by atoms with Crippen molar-refractivity contribution in [1.29, 1.82) is 0 Å². The molecule has 1 saturated carbocycles. The molecule has 1 aliphatic carbocycles. The smallest absolute Gasteiger partial charge is 0.400 e. The van der Waals surface area contributed by atoms with E-state index >= 15 is 16.8 Å². The molecule has 0 bridgehead atoms. The van der Waals surface area contributed by atoms with Crippen molar-refractivity contribution in [3.63, 3.8) is 0 Å². The average Bonchev–Trinajstić information content (AvgIpc) is 3.35. The summed E-state index contributed by atoms with van der Waals surface area (Å²) in [6.45, 7) is 7.49. The topological polar surface area (TPSA) is 149 Å². The number of rotatable bonds is 21. The highest BCUT2D eigenvalue weighted by Crippen LogP contribution is 2.58. The number of hydrogen-bond acceptors (Lipinski definition) is 12. The van der Waals surface area contributed by atoms with E-state index in [-0.39, 0.29) is 38.7 Å². The molecule has 6 aromatic carbocycles. The number of sulfonamides is 2. The Morgan fingerprint density at radius 2 is 0.739 bits per heavy atom. The number of nitrogens with zero attached hydrogens (tertiary/aromatic N) is 2. The highest BCUT2D eigenvalue weighted by molar-refractivity contribution is 7.94. The standard InChI is InChI=1S/C51H58N2O12P2S2/c1-37-25-33-41(34-26-37)68(54,55)52(66(62-47-21-13-9-17-43(47)58-5)63-48-22-14-10-18-44(48)59-6)40-31-29-39(30-32-40)51(3,4)53(69(56,57)42-35-27-38(2)28-36-42)67(64-49-23-15-11-19-45(49)60-7)65-50-24-16-12-20-46(50)61-8/h9-28,33-36,39-40H,29-32H2,1-8H3. The number of benzene rings is 6. The Kier molecular flexibility index (Phi) is 16.7. The lowest BCUT2D eigenvalue weighted by molar-refractivity contribution is 0.134. The Balaban J connectivity index is 1.32. The molecule has 6 aromatic rings. The first-order valence-electron chi connectivity index (χ1n) is 22.2. The highest BCUT2D eigenvalue weighted by atomic mass is 32.2. The predicted molar refractivity (Wildman–Crippen MR) is 269 cm³/mol. The third-order valence-electron chi connectivity index (χ3n) is 11.9. The molecule has 69 heavy (non-hydrogen) atoms. The Bertz CT molecular complexity index is 2780. The Labute approximate surface area is 409 Å². The van der Waals surface area contributed by atoms with Crippen LogP contribution in [-0.2, 0) is 20.0 Å². The van der Waals surface area contributed by atoms with Gasteiger partial charge in [0, 0.05) is 11.6 Å². The minimum atomic E-state index is -4.43. The molecule has 0 aliphatic heterocycles. The summed E-state index contributed by atoms with van der Waals surface area (Å²) in [4.78, 5) is 0.0934. The number of hydrogen-bond donors (Lipinski definition) is 0. The molecule has 0 aromatic heterocycles. The predicted octanol–water partition coefficient (Wildman–Crippen LogP) is 12.1. The fraction of sp³-hybridized carbons (Fsp3) is 0.294. The van der Waals surface area contributed by atoms with E-state index in [1.165, 1.54) is 36.6 Å². The van der Waals surface area contributed by atoms with Crippen LogP contribution in [0.2, 0.25) is 0 Å². The molecule has 0 atom stereocenters. The van der Waals surface area contributed by atoms with Gasteiger partial charge in [0.1, 0.15) is 0 Å². The van der Waals surface area contributed by atoms with Gasteiger partial charge in [-0.05, 0) is 132 Å². The van der Waals surface area contributed by atoms with Gasteiger partial charge in [0.2, 0.25) is 0 Å². The Morgan fingerprint density at radius 1 is 0.435 bits per heavy atom. The van der Waals surface area contributed by atoms with Gasteiger partial charge >= 0.3 is 17.1 Å². The third-order valence-corrected chi connectivity index (χ3v) is 20.3. The second kappa shape index (κ2) is 22.4. The first kappa shape index (κ1) is 51.3. The van der Waals surface area contributed by atoms with Crippen LogP contribution < -0.4 is 37.0 Å². The van der Waals surface area contributed by atoms with E-state index in [9.17, 15) is 0 Å². The van der Waals surface area contributed by atoms with Crippen molar-refractivity contribution in [2.45, 2.75) is 74.7 Å². The molecule has 366 valence electrons. The maximum absolute atomic E-state index is 15.5. The first-order valence-corrected chi connectivity index (χ1v) is 27.3. The summed E-state index contributed by atoms with van der Waals surface area (Å²) in [5.74, 6) is 2.20. The van der Waals surface area contributed by atoms with Gasteiger partial charge in [0.05, 0.1) is 38.2 Å². The van der Waals surface area contributed by atoms with Crippen LogP contribution in [0.4, 0.5) is 0 Å². The van der Waals surface area contributed by atoms with Crippen molar-refractivity contribution in [1.82, 2.24) is 8.15 Å². The zero-order valence-corrected chi connectivity index (χ0v) is 43.3. The lowest BCUT2D eigenvalue weighted by Crippen LogP contribution is -2.52. The van der Waals surface area contributed by atoms with Gasteiger partial charge in [-0.3, -0.25) is 0 Å². The lowest BCUT2D eigenvalue weighted by Gasteiger charge is -2.47. The second-order valence-electron chi connectivity index (χ2n) is 16.8. The molecule has 1 aliphatic rings. The van der Waals surface area contributed by atoms with Gasteiger partial charge in [-0.25, -0.2) is 16.8 Å². The molecular formula is C51H58N2O12P2S2. The van der Waals surface area contributed by atoms with Crippen LogP contribution in [0.1, 0.15) is 50.7 Å². The molecule has 0 radical (unpaired) electrons. The van der Waals surface area contributed by atoms with E-state index in [0.717, 1.165) is 11.1 Å². The summed E-state index contributed by atoms with van der Waals surface area (Å²) < 4.78 is 114. The minimum Gasteiger partial charge on any atom is -0.493 e. The molecule has 14 nitrogen and oxygen atoms in total. The highest BCUT2D eigenvalue weighted by Gasteiger charge is 2.53. The molecule has 0 spiro atoms. The monoisotopic (exact) mass is 1020 g/mol. The van der Waals surface area contributed by atoms with E-state index in [0.29, 0.717) is 48.7 Å². The second-order valence-corrected chi connectivity index (χ2v) is 23.4.